The van der Waals surface area contributed by atoms with Gasteiger partial charge in [-0.1, -0.05) is 29.3 Å². The molecule has 2 N–H and O–H groups in total. The van der Waals surface area contributed by atoms with Crippen molar-refractivity contribution < 1.29 is 9.53 Å². The number of aromatic nitrogens is 2. The van der Waals surface area contributed by atoms with E-state index in [1.54, 1.807) is 55.5 Å². The molecule has 1 heterocycles. The van der Waals surface area contributed by atoms with Crippen LogP contribution in [0.4, 0.5) is 22.2 Å². The lowest BCUT2D eigenvalue weighted by atomic mass is 10.1. The number of hydrogen-bond donors (Lipinski definition) is 2. The smallest absolute Gasteiger partial charge is 0.412 e. The summed E-state index contributed by atoms with van der Waals surface area (Å²) in [6.07, 6.45) is -0.289. The normalized spacial score (nSPS) is 10.2. The summed E-state index contributed by atoms with van der Waals surface area (Å²) in [6, 6.07) is 15.8. The molecule has 0 bridgehead atoms. The molecule has 0 unspecified atom stereocenters. The van der Waals surface area contributed by atoms with E-state index in [-0.39, 0.29) is 18.4 Å². The lowest BCUT2D eigenvalue weighted by molar-refractivity contribution is 0.168. The highest BCUT2D eigenvalue weighted by Crippen LogP contribution is 2.27. The van der Waals surface area contributed by atoms with E-state index in [1.165, 1.54) is 0 Å². The molecule has 9 heteroatoms. The number of ether oxygens (including phenoxy) is 1. The number of halogens is 2. The van der Waals surface area contributed by atoms with Gasteiger partial charge < -0.3 is 10.1 Å². The van der Waals surface area contributed by atoms with Crippen molar-refractivity contribution >= 4 is 46.7 Å². The van der Waals surface area contributed by atoms with Crippen LogP contribution in [0.3, 0.4) is 0 Å². The van der Waals surface area contributed by atoms with E-state index in [2.05, 4.69) is 26.7 Å². The van der Waals surface area contributed by atoms with Crippen molar-refractivity contribution in [3.05, 3.63) is 75.4 Å². The van der Waals surface area contributed by atoms with Crippen molar-refractivity contribution in [2.75, 3.05) is 17.2 Å². The highest BCUT2D eigenvalue weighted by molar-refractivity contribution is 6.36. The Bertz CT molecular complexity index is 1080. The first-order valence-corrected chi connectivity index (χ1v) is 9.76. The average molecular weight is 442 g/mol. The van der Waals surface area contributed by atoms with E-state index < -0.39 is 6.09 Å². The number of anilines is 3. The summed E-state index contributed by atoms with van der Waals surface area (Å²) in [5.41, 5.74) is 2.52. The molecule has 1 aromatic heterocycles. The molecule has 3 aromatic rings. The van der Waals surface area contributed by atoms with Crippen molar-refractivity contribution in [1.82, 2.24) is 9.97 Å². The Labute approximate surface area is 183 Å². The van der Waals surface area contributed by atoms with Gasteiger partial charge in [0.15, 0.2) is 0 Å². The van der Waals surface area contributed by atoms with Crippen molar-refractivity contribution in [1.29, 1.82) is 5.26 Å². The summed E-state index contributed by atoms with van der Waals surface area (Å²) in [6.45, 7) is 1.94. The van der Waals surface area contributed by atoms with Gasteiger partial charge in [-0.15, -0.1) is 0 Å². The minimum absolute atomic E-state index is 0.232. The summed E-state index contributed by atoms with van der Waals surface area (Å²) >= 11 is 12.6. The summed E-state index contributed by atoms with van der Waals surface area (Å²) in [4.78, 5) is 20.7. The van der Waals surface area contributed by atoms with Crippen LogP contribution in [0.2, 0.25) is 10.0 Å². The van der Waals surface area contributed by atoms with Gasteiger partial charge in [-0.25, -0.2) is 9.78 Å². The van der Waals surface area contributed by atoms with Crippen molar-refractivity contribution in [2.24, 2.45) is 0 Å². The monoisotopic (exact) mass is 441 g/mol. The molecule has 1 amide bonds. The number of nitrogens with one attached hydrogen (secondary N) is 2. The third kappa shape index (κ3) is 5.60. The van der Waals surface area contributed by atoms with Crippen LogP contribution >= 0.6 is 23.2 Å². The Morgan fingerprint density at radius 1 is 1.13 bits per heavy atom. The van der Waals surface area contributed by atoms with Crippen LogP contribution in [-0.4, -0.2) is 22.7 Å². The third-order valence-electron chi connectivity index (χ3n) is 3.97. The number of benzene rings is 2. The molecule has 30 heavy (non-hydrogen) atoms. The fraction of sp³-hybridized carbons (Fsp3) is 0.143. The summed E-state index contributed by atoms with van der Waals surface area (Å²) in [7, 11) is 0. The topological polar surface area (TPSA) is 99.9 Å². The molecule has 0 atom stereocenters. The summed E-state index contributed by atoms with van der Waals surface area (Å²) in [5.74, 6) is 0.518. The van der Waals surface area contributed by atoms with Gasteiger partial charge in [0.2, 0.25) is 5.95 Å². The lowest BCUT2D eigenvalue weighted by Gasteiger charge is -2.12. The van der Waals surface area contributed by atoms with E-state index in [0.717, 1.165) is 0 Å². The molecular weight excluding hydrogens is 425 g/mol. The Morgan fingerprint density at radius 2 is 1.83 bits per heavy atom. The highest BCUT2D eigenvalue weighted by atomic mass is 35.5. The zero-order valence-electron chi connectivity index (χ0n) is 15.9. The van der Waals surface area contributed by atoms with E-state index in [4.69, 9.17) is 33.2 Å². The van der Waals surface area contributed by atoms with Gasteiger partial charge in [0, 0.05) is 28.2 Å². The van der Waals surface area contributed by atoms with Gasteiger partial charge >= 0.3 is 6.09 Å². The minimum atomic E-state index is -0.623. The number of carbonyl (C=O) groups is 1. The van der Waals surface area contributed by atoms with E-state index in [9.17, 15) is 4.79 Å². The second kappa shape index (κ2) is 9.92. The number of nitrogens with zero attached hydrogens (tertiary/aromatic N) is 3. The largest absolute Gasteiger partial charge is 0.450 e. The van der Waals surface area contributed by atoms with Gasteiger partial charge in [0.05, 0.1) is 23.9 Å². The molecule has 0 saturated carbocycles. The van der Waals surface area contributed by atoms with E-state index in [0.29, 0.717) is 39.0 Å². The van der Waals surface area contributed by atoms with E-state index >= 15 is 0 Å². The van der Waals surface area contributed by atoms with Gasteiger partial charge in [-0.2, -0.15) is 10.2 Å². The van der Waals surface area contributed by atoms with Gasteiger partial charge in [0.1, 0.15) is 5.82 Å². The number of rotatable bonds is 6. The Morgan fingerprint density at radius 3 is 2.47 bits per heavy atom. The summed E-state index contributed by atoms with van der Waals surface area (Å²) < 4.78 is 4.92. The maximum absolute atomic E-state index is 11.8. The fourth-order valence-electron chi connectivity index (χ4n) is 2.62. The van der Waals surface area contributed by atoms with Crippen molar-refractivity contribution in [3.63, 3.8) is 0 Å². The molecule has 0 aliphatic rings. The number of amides is 1. The molecule has 7 nitrogen and oxygen atoms in total. The fourth-order valence-corrected chi connectivity index (χ4v) is 3.15. The van der Waals surface area contributed by atoms with Gasteiger partial charge in [-0.05, 0) is 48.9 Å². The van der Waals surface area contributed by atoms with Gasteiger partial charge in [0.25, 0.3) is 0 Å². The molecular formula is C21H17Cl2N5O2. The van der Waals surface area contributed by atoms with E-state index in [1.807, 2.05) is 0 Å². The van der Waals surface area contributed by atoms with Crippen molar-refractivity contribution in [3.8, 4) is 6.07 Å². The van der Waals surface area contributed by atoms with Crippen LogP contribution in [0.5, 0.6) is 0 Å². The molecule has 2 aromatic carbocycles. The molecule has 0 radical (unpaired) electrons. The predicted octanol–water partition coefficient (Wildman–Crippen LogP) is 5.56. The zero-order chi connectivity index (χ0) is 21.5. The molecule has 3 rings (SSSR count). The van der Waals surface area contributed by atoms with Crippen LogP contribution in [0, 0.1) is 11.3 Å². The first kappa shape index (κ1) is 21.4. The second-order valence-electron chi connectivity index (χ2n) is 6.10. The number of hydrogen-bond acceptors (Lipinski definition) is 6. The maximum Gasteiger partial charge on any atom is 0.412 e. The van der Waals surface area contributed by atoms with Crippen LogP contribution in [0.1, 0.15) is 23.7 Å². The molecule has 152 valence electrons. The number of carbonyl (C=O) groups excluding carboxylic acids is 1. The average Bonchev–Trinajstić information content (AvgIpc) is 2.71. The molecule has 0 fully saturated rings. The van der Waals surface area contributed by atoms with Crippen LogP contribution in [-0.2, 0) is 11.2 Å². The standard InChI is InChI=1S/C21H17Cl2N5O2/c1-2-30-21(29)28-19-11-15(10-16-17(22)4-3-5-18(16)23)26-20(27-19)25-14-8-6-13(12-24)7-9-14/h3-9,11H,2,10H2,1H3,(H2,25,26,27,28,29). The highest BCUT2D eigenvalue weighted by Gasteiger charge is 2.13. The molecule has 0 saturated heterocycles. The molecule has 0 spiro atoms. The van der Waals surface area contributed by atoms with Crippen LogP contribution < -0.4 is 10.6 Å². The first-order chi connectivity index (χ1) is 14.5. The van der Waals surface area contributed by atoms with Gasteiger partial charge in [-0.3, -0.25) is 5.32 Å². The molecule has 0 aliphatic heterocycles. The van der Waals surface area contributed by atoms with Crippen LogP contribution in [0.15, 0.2) is 48.5 Å². The SMILES string of the molecule is CCOC(=O)Nc1cc(Cc2c(Cl)cccc2Cl)nc(Nc2ccc(C#N)cc2)n1. The predicted molar refractivity (Wildman–Crippen MR) is 116 cm³/mol. The van der Waals surface area contributed by atoms with Crippen LogP contribution in [0.25, 0.3) is 0 Å². The lowest BCUT2D eigenvalue weighted by Crippen LogP contribution is -2.15. The Balaban J connectivity index is 1.93. The Kier molecular flexibility index (Phi) is 7.07. The number of nitriles is 1. The summed E-state index contributed by atoms with van der Waals surface area (Å²) in [5, 5.41) is 15.6. The zero-order valence-corrected chi connectivity index (χ0v) is 17.5. The van der Waals surface area contributed by atoms with Crippen molar-refractivity contribution in [2.45, 2.75) is 13.3 Å². The molecule has 0 aliphatic carbocycles. The second-order valence-corrected chi connectivity index (χ2v) is 6.92. The maximum atomic E-state index is 11.8. The third-order valence-corrected chi connectivity index (χ3v) is 4.68. The first-order valence-electron chi connectivity index (χ1n) is 9.00. The Hall–Kier alpha value is -3.34. The quantitative estimate of drug-likeness (QED) is 0.519. The minimum Gasteiger partial charge on any atom is -0.450 e.